The van der Waals surface area contributed by atoms with Gasteiger partial charge >= 0.3 is 0 Å². The van der Waals surface area contributed by atoms with E-state index in [1.165, 1.54) is 6.42 Å². The number of hydrogen-bond acceptors (Lipinski definition) is 2. The summed E-state index contributed by atoms with van der Waals surface area (Å²) < 4.78 is 0. The standard InChI is InChI=1S/C9H20O.C6H14O/c1-8(5-6-10)7-9(2,3)4;1-3-6(4-2)5-7/h8,10H,5-7H2,1-4H3;6-7H,3-5H2,1-2H3. The summed E-state index contributed by atoms with van der Waals surface area (Å²) in [7, 11) is 0. The zero-order valence-corrected chi connectivity index (χ0v) is 12.8. The van der Waals surface area contributed by atoms with Gasteiger partial charge in [-0.05, 0) is 30.1 Å². The van der Waals surface area contributed by atoms with E-state index in [4.69, 9.17) is 10.2 Å². The van der Waals surface area contributed by atoms with E-state index < -0.39 is 0 Å². The van der Waals surface area contributed by atoms with Crippen LogP contribution < -0.4 is 0 Å². The molecule has 17 heavy (non-hydrogen) atoms. The average molecular weight is 246 g/mol. The second kappa shape index (κ2) is 11.0. The zero-order valence-electron chi connectivity index (χ0n) is 12.8. The molecule has 0 heterocycles. The molecule has 106 valence electrons. The van der Waals surface area contributed by atoms with E-state index in [0.29, 0.717) is 30.5 Å². The van der Waals surface area contributed by atoms with Crippen LogP contribution in [0.15, 0.2) is 0 Å². The number of rotatable bonds is 6. The highest BCUT2D eigenvalue weighted by molar-refractivity contribution is 4.65. The lowest BCUT2D eigenvalue weighted by molar-refractivity contribution is 0.219. The van der Waals surface area contributed by atoms with Gasteiger partial charge < -0.3 is 10.2 Å². The summed E-state index contributed by atoms with van der Waals surface area (Å²) in [5.41, 5.74) is 0.411. The van der Waals surface area contributed by atoms with Crippen molar-refractivity contribution in [2.24, 2.45) is 17.3 Å². The highest BCUT2D eigenvalue weighted by Crippen LogP contribution is 2.25. The molecule has 0 radical (unpaired) electrons. The summed E-state index contributed by atoms with van der Waals surface area (Å²) in [4.78, 5) is 0. The van der Waals surface area contributed by atoms with Crippen molar-refractivity contribution in [1.82, 2.24) is 0 Å². The topological polar surface area (TPSA) is 40.5 Å². The Bertz CT molecular complexity index is 140. The smallest absolute Gasteiger partial charge is 0.0459 e. The van der Waals surface area contributed by atoms with Gasteiger partial charge in [-0.15, -0.1) is 0 Å². The first kappa shape index (κ1) is 19.3. The quantitative estimate of drug-likeness (QED) is 0.747. The van der Waals surface area contributed by atoms with Crippen LogP contribution in [0.1, 0.15) is 67.2 Å². The van der Waals surface area contributed by atoms with Gasteiger partial charge in [-0.3, -0.25) is 0 Å². The van der Waals surface area contributed by atoms with Crippen LogP contribution in [0, 0.1) is 17.3 Å². The van der Waals surface area contributed by atoms with E-state index in [1.54, 1.807) is 0 Å². The third-order valence-corrected chi connectivity index (χ3v) is 3.00. The molecule has 0 aromatic heterocycles. The van der Waals surface area contributed by atoms with Crippen molar-refractivity contribution in [3.8, 4) is 0 Å². The Balaban J connectivity index is 0. The summed E-state index contributed by atoms with van der Waals surface area (Å²) in [5.74, 6) is 1.20. The fourth-order valence-electron chi connectivity index (χ4n) is 1.91. The van der Waals surface area contributed by atoms with Gasteiger partial charge in [-0.25, -0.2) is 0 Å². The molecule has 0 rings (SSSR count). The van der Waals surface area contributed by atoms with Gasteiger partial charge in [0.2, 0.25) is 0 Å². The molecule has 2 nitrogen and oxygen atoms in total. The molecular formula is C15H34O2. The minimum atomic E-state index is 0.331. The molecule has 0 aliphatic carbocycles. The van der Waals surface area contributed by atoms with Crippen molar-refractivity contribution < 1.29 is 10.2 Å². The summed E-state index contributed by atoms with van der Waals surface area (Å²) in [6, 6.07) is 0. The molecule has 1 unspecified atom stereocenters. The van der Waals surface area contributed by atoms with Gasteiger partial charge in [0.25, 0.3) is 0 Å². The van der Waals surface area contributed by atoms with Crippen LogP contribution in [0.3, 0.4) is 0 Å². The van der Waals surface area contributed by atoms with Crippen LogP contribution in [0.25, 0.3) is 0 Å². The summed E-state index contributed by atoms with van der Waals surface area (Å²) in [5, 5.41) is 17.2. The molecule has 1 atom stereocenters. The van der Waals surface area contributed by atoms with E-state index >= 15 is 0 Å². The average Bonchev–Trinajstić information content (AvgIpc) is 2.19. The second-order valence-corrected chi connectivity index (χ2v) is 6.25. The summed E-state index contributed by atoms with van der Waals surface area (Å²) in [6.07, 6.45) is 4.35. The molecule has 0 saturated carbocycles. The Kier molecular flexibility index (Phi) is 12.5. The molecule has 0 aliphatic rings. The Labute approximate surface area is 108 Å². The van der Waals surface area contributed by atoms with E-state index in [0.717, 1.165) is 19.3 Å². The van der Waals surface area contributed by atoms with E-state index in [9.17, 15) is 0 Å². The lowest BCUT2D eigenvalue weighted by Gasteiger charge is -2.22. The predicted octanol–water partition coefficient (Wildman–Crippen LogP) is 3.86. The van der Waals surface area contributed by atoms with Gasteiger partial charge in [0.05, 0.1) is 0 Å². The molecule has 0 saturated heterocycles. The van der Waals surface area contributed by atoms with Crippen LogP contribution in [0.4, 0.5) is 0 Å². The highest BCUT2D eigenvalue weighted by Gasteiger charge is 2.14. The summed E-state index contributed by atoms with van der Waals surface area (Å²) in [6.45, 7) is 13.8. The Morgan fingerprint density at radius 1 is 1.00 bits per heavy atom. The monoisotopic (exact) mass is 246 g/mol. The van der Waals surface area contributed by atoms with Crippen molar-refractivity contribution in [1.29, 1.82) is 0 Å². The molecule has 0 aromatic carbocycles. The first-order valence-corrected chi connectivity index (χ1v) is 7.02. The van der Waals surface area contributed by atoms with Crippen LogP contribution in [0.5, 0.6) is 0 Å². The maximum Gasteiger partial charge on any atom is 0.0459 e. The predicted molar refractivity (Wildman–Crippen MR) is 76.1 cm³/mol. The summed E-state index contributed by atoms with van der Waals surface area (Å²) >= 11 is 0. The van der Waals surface area contributed by atoms with Crippen LogP contribution in [-0.4, -0.2) is 23.4 Å². The van der Waals surface area contributed by atoms with Gasteiger partial charge in [-0.1, -0.05) is 54.4 Å². The fraction of sp³-hybridized carbons (Fsp3) is 1.00. The van der Waals surface area contributed by atoms with Gasteiger partial charge in [0, 0.05) is 13.2 Å². The molecule has 2 heteroatoms. The zero-order chi connectivity index (χ0) is 13.9. The van der Waals surface area contributed by atoms with E-state index in [1.807, 2.05) is 0 Å². The third kappa shape index (κ3) is 15.9. The van der Waals surface area contributed by atoms with Gasteiger partial charge in [0.15, 0.2) is 0 Å². The molecule has 0 aromatic rings. The number of aliphatic hydroxyl groups excluding tert-OH is 2. The molecule has 0 bridgehead atoms. The minimum absolute atomic E-state index is 0.331. The van der Waals surface area contributed by atoms with E-state index in [-0.39, 0.29) is 0 Å². The molecule has 0 spiro atoms. The number of hydrogen-bond donors (Lipinski definition) is 2. The lowest BCUT2D eigenvalue weighted by atomic mass is 9.84. The Morgan fingerprint density at radius 2 is 1.47 bits per heavy atom. The van der Waals surface area contributed by atoms with Crippen LogP contribution in [-0.2, 0) is 0 Å². The van der Waals surface area contributed by atoms with Crippen molar-refractivity contribution in [2.75, 3.05) is 13.2 Å². The first-order chi connectivity index (χ1) is 7.80. The maximum absolute atomic E-state index is 8.63. The third-order valence-electron chi connectivity index (χ3n) is 3.00. The van der Waals surface area contributed by atoms with Crippen molar-refractivity contribution in [3.63, 3.8) is 0 Å². The highest BCUT2D eigenvalue weighted by atomic mass is 16.3. The molecular weight excluding hydrogens is 212 g/mol. The Morgan fingerprint density at radius 3 is 1.65 bits per heavy atom. The van der Waals surface area contributed by atoms with Crippen molar-refractivity contribution in [2.45, 2.75) is 67.2 Å². The van der Waals surface area contributed by atoms with Gasteiger partial charge in [0.1, 0.15) is 0 Å². The van der Waals surface area contributed by atoms with Gasteiger partial charge in [-0.2, -0.15) is 0 Å². The normalized spacial score (nSPS) is 13.2. The molecule has 0 amide bonds. The SMILES string of the molecule is CC(CCO)CC(C)(C)C.CCC(CC)CO. The van der Waals surface area contributed by atoms with Crippen molar-refractivity contribution >= 4 is 0 Å². The second-order valence-electron chi connectivity index (χ2n) is 6.25. The molecule has 0 fully saturated rings. The Hall–Kier alpha value is -0.0800. The molecule has 0 aliphatic heterocycles. The first-order valence-electron chi connectivity index (χ1n) is 7.02. The lowest BCUT2D eigenvalue weighted by Crippen LogP contribution is -2.11. The number of aliphatic hydroxyl groups is 2. The molecule has 2 N–H and O–H groups in total. The fourth-order valence-corrected chi connectivity index (χ4v) is 1.91. The van der Waals surface area contributed by atoms with E-state index in [2.05, 4.69) is 41.5 Å². The van der Waals surface area contributed by atoms with Crippen LogP contribution in [0.2, 0.25) is 0 Å². The maximum atomic E-state index is 8.63. The van der Waals surface area contributed by atoms with Crippen LogP contribution >= 0.6 is 0 Å². The minimum Gasteiger partial charge on any atom is -0.396 e. The van der Waals surface area contributed by atoms with Crippen molar-refractivity contribution in [3.05, 3.63) is 0 Å². The largest absolute Gasteiger partial charge is 0.396 e.